The lowest BCUT2D eigenvalue weighted by Crippen LogP contribution is -2.52. The van der Waals surface area contributed by atoms with E-state index in [-0.39, 0.29) is 17.8 Å². The first-order valence-corrected chi connectivity index (χ1v) is 6.83. The van der Waals surface area contributed by atoms with Gasteiger partial charge in [0.25, 0.3) is 0 Å². The molecule has 0 aromatic heterocycles. The molecular weight excluding hydrogens is 236 g/mol. The molecule has 98 valence electrons. The molecule has 3 fully saturated rings. The topological polar surface area (TPSA) is 41.1 Å². The fourth-order valence-corrected chi connectivity index (χ4v) is 3.57. The molecule has 2 aliphatic carbocycles. The van der Waals surface area contributed by atoms with E-state index in [0.29, 0.717) is 17.9 Å². The molecule has 17 heavy (non-hydrogen) atoms. The summed E-state index contributed by atoms with van der Waals surface area (Å²) < 4.78 is 0. The van der Waals surface area contributed by atoms with Crippen molar-refractivity contribution in [3.05, 3.63) is 0 Å². The van der Waals surface area contributed by atoms with Crippen LogP contribution in [0.3, 0.4) is 0 Å². The summed E-state index contributed by atoms with van der Waals surface area (Å²) in [4.78, 5) is 12.5. The van der Waals surface area contributed by atoms with Gasteiger partial charge in [-0.25, -0.2) is 0 Å². The molecule has 1 saturated heterocycles. The second kappa shape index (κ2) is 5.15. The largest absolute Gasteiger partial charge is 0.353 e. The molecule has 0 aromatic rings. The van der Waals surface area contributed by atoms with Gasteiger partial charge in [-0.05, 0) is 44.6 Å². The summed E-state index contributed by atoms with van der Waals surface area (Å²) in [7, 11) is 0. The van der Waals surface area contributed by atoms with Gasteiger partial charge < -0.3 is 10.6 Å². The van der Waals surface area contributed by atoms with Gasteiger partial charge in [0, 0.05) is 12.6 Å². The van der Waals surface area contributed by atoms with Crippen LogP contribution in [0.5, 0.6) is 0 Å². The van der Waals surface area contributed by atoms with Crippen LogP contribution in [-0.4, -0.2) is 25.0 Å². The standard InChI is InChI=1S/C13H22N2O.ClH/c16-12(15-11-5-3-6-11)13-7-2-1-4-10(13)8-14-9-13;/h10-11,14H,1-9H2,(H,15,16);1H/t10-,13+;/m0./s1. The van der Waals surface area contributed by atoms with E-state index < -0.39 is 0 Å². The molecule has 2 N–H and O–H groups in total. The number of fused-ring (bicyclic) bond motifs is 1. The molecule has 3 rings (SSSR count). The van der Waals surface area contributed by atoms with Crippen molar-refractivity contribution in [2.75, 3.05) is 13.1 Å². The van der Waals surface area contributed by atoms with Gasteiger partial charge in [-0.2, -0.15) is 0 Å². The third-order valence-corrected chi connectivity index (χ3v) is 4.93. The van der Waals surface area contributed by atoms with Gasteiger partial charge in [-0.1, -0.05) is 12.8 Å². The zero-order chi connectivity index (χ0) is 11.0. The van der Waals surface area contributed by atoms with Crippen molar-refractivity contribution in [3.8, 4) is 0 Å². The van der Waals surface area contributed by atoms with Gasteiger partial charge in [-0.3, -0.25) is 4.79 Å². The first kappa shape index (κ1) is 13.2. The number of hydrogen-bond donors (Lipinski definition) is 2. The Kier molecular flexibility index (Phi) is 3.99. The normalized spacial score (nSPS) is 36.6. The number of carbonyl (C=O) groups excluding carboxylic acids is 1. The monoisotopic (exact) mass is 258 g/mol. The average molecular weight is 259 g/mol. The molecule has 2 saturated carbocycles. The Bertz CT molecular complexity index is 293. The van der Waals surface area contributed by atoms with Crippen molar-refractivity contribution in [3.63, 3.8) is 0 Å². The molecule has 0 aromatic carbocycles. The summed E-state index contributed by atoms with van der Waals surface area (Å²) in [6.07, 6.45) is 8.56. The number of rotatable bonds is 2. The Balaban J connectivity index is 0.00000108. The van der Waals surface area contributed by atoms with E-state index in [2.05, 4.69) is 10.6 Å². The first-order valence-electron chi connectivity index (χ1n) is 6.83. The highest BCUT2D eigenvalue weighted by atomic mass is 35.5. The lowest BCUT2D eigenvalue weighted by Gasteiger charge is -2.39. The van der Waals surface area contributed by atoms with E-state index in [4.69, 9.17) is 0 Å². The molecule has 0 radical (unpaired) electrons. The highest BCUT2D eigenvalue weighted by molar-refractivity contribution is 5.85. The van der Waals surface area contributed by atoms with Crippen molar-refractivity contribution >= 4 is 18.3 Å². The van der Waals surface area contributed by atoms with Crippen LogP contribution in [0, 0.1) is 11.3 Å². The second-order valence-corrected chi connectivity index (χ2v) is 5.83. The van der Waals surface area contributed by atoms with Crippen molar-refractivity contribution in [2.24, 2.45) is 11.3 Å². The molecule has 1 aliphatic heterocycles. The van der Waals surface area contributed by atoms with Crippen LogP contribution < -0.4 is 10.6 Å². The summed E-state index contributed by atoms with van der Waals surface area (Å²) in [6, 6.07) is 0.491. The van der Waals surface area contributed by atoms with Crippen molar-refractivity contribution in [1.29, 1.82) is 0 Å². The molecule has 1 heterocycles. The van der Waals surface area contributed by atoms with E-state index in [1.807, 2.05) is 0 Å². The third kappa shape index (κ3) is 2.19. The van der Waals surface area contributed by atoms with Gasteiger partial charge in [0.05, 0.1) is 5.41 Å². The maximum absolute atomic E-state index is 12.5. The zero-order valence-corrected chi connectivity index (χ0v) is 11.2. The average Bonchev–Trinajstić information content (AvgIpc) is 2.67. The minimum atomic E-state index is -0.0478. The molecular formula is C13H23ClN2O. The van der Waals surface area contributed by atoms with Crippen molar-refractivity contribution in [2.45, 2.75) is 51.0 Å². The Morgan fingerprint density at radius 1 is 1.18 bits per heavy atom. The third-order valence-electron chi connectivity index (χ3n) is 4.93. The second-order valence-electron chi connectivity index (χ2n) is 5.83. The van der Waals surface area contributed by atoms with Crippen LogP contribution in [0.15, 0.2) is 0 Å². The van der Waals surface area contributed by atoms with E-state index in [9.17, 15) is 4.79 Å². The summed E-state index contributed by atoms with van der Waals surface area (Å²) in [5, 5.41) is 6.70. The van der Waals surface area contributed by atoms with Crippen LogP contribution in [0.25, 0.3) is 0 Å². The van der Waals surface area contributed by atoms with Crippen LogP contribution >= 0.6 is 12.4 Å². The Hall–Kier alpha value is -0.280. The van der Waals surface area contributed by atoms with E-state index in [1.54, 1.807) is 0 Å². The number of hydrogen-bond acceptors (Lipinski definition) is 2. The van der Waals surface area contributed by atoms with Gasteiger partial charge in [0.15, 0.2) is 0 Å². The van der Waals surface area contributed by atoms with Gasteiger partial charge in [0.2, 0.25) is 5.91 Å². The lowest BCUT2D eigenvalue weighted by atomic mass is 9.67. The van der Waals surface area contributed by atoms with Gasteiger partial charge in [-0.15, -0.1) is 12.4 Å². The number of carbonyl (C=O) groups is 1. The minimum Gasteiger partial charge on any atom is -0.353 e. The lowest BCUT2D eigenvalue weighted by molar-refractivity contribution is -0.135. The highest BCUT2D eigenvalue weighted by Crippen LogP contribution is 2.44. The molecule has 0 bridgehead atoms. The molecule has 3 aliphatic rings. The fourth-order valence-electron chi connectivity index (χ4n) is 3.57. The quantitative estimate of drug-likeness (QED) is 0.794. The van der Waals surface area contributed by atoms with E-state index in [0.717, 1.165) is 19.5 Å². The maximum atomic E-state index is 12.5. The number of nitrogens with one attached hydrogen (secondary N) is 2. The molecule has 2 atom stereocenters. The van der Waals surface area contributed by atoms with Crippen LogP contribution in [0.2, 0.25) is 0 Å². The number of halogens is 1. The fraction of sp³-hybridized carbons (Fsp3) is 0.923. The van der Waals surface area contributed by atoms with Crippen LogP contribution in [0.1, 0.15) is 44.9 Å². The van der Waals surface area contributed by atoms with E-state index >= 15 is 0 Å². The van der Waals surface area contributed by atoms with E-state index in [1.165, 1.54) is 38.5 Å². The highest BCUT2D eigenvalue weighted by Gasteiger charge is 2.50. The molecule has 0 unspecified atom stereocenters. The minimum absolute atomic E-state index is 0. The van der Waals surface area contributed by atoms with Crippen LogP contribution in [-0.2, 0) is 4.79 Å². The summed E-state index contributed by atoms with van der Waals surface area (Å²) in [5.41, 5.74) is -0.0478. The predicted molar refractivity (Wildman–Crippen MR) is 70.3 cm³/mol. The summed E-state index contributed by atoms with van der Waals surface area (Å²) >= 11 is 0. The molecule has 1 amide bonds. The van der Waals surface area contributed by atoms with Gasteiger partial charge in [0.1, 0.15) is 0 Å². The van der Waals surface area contributed by atoms with Crippen molar-refractivity contribution < 1.29 is 4.79 Å². The first-order chi connectivity index (χ1) is 7.81. The Labute approximate surface area is 110 Å². The molecule has 0 spiro atoms. The Morgan fingerprint density at radius 3 is 2.71 bits per heavy atom. The summed E-state index contributed by atoms with van der Waals surface area (Å²) in [5.74, 6) is 0.952. The summed E-state index contributed by atoms with van der Waals surface area (Å²) in [6.45, 7) is 1.97. The van der Waals surface area contributed by atoms with Crippen LogP contribution in [0.4, 0.5) is 0 Å². The SMILES string of the molecule is Cl.O=C(NC1CCC1)[C@@]12CCCC[C@H]1CNC2. The Morgan fingerprint density at radius 2 is 2.00 bits per heavy atom. The predicted octanol–water partition coefficient (Wildman–Crippen LogP) is 1.86. The molecule has 3 nitrogen and oxygen atoms in total. The maximum Gasteiger partial charge on any atom is 0.228 e. The zero-order valence-electron chi connectivity index (χ0n) is 10.3. The van der Waals surface area contributed by atoms with Crippen molar-refractivity contribution in [1.82, 2.24) is 10.6 Å². The van der Waals surface area contributed by atoms with Gasteiger partial charge >= 0.3 is 0 Å². The number of amides is 1. The smallest absolute Gasteiger partial charge is 0.228 e. The molecule has 4 heteroatoms.